The Morgan fingerprint density at radius 3 is 2.97 bits per heavy atom. The largest absolute Gasteiger partial charge is 0.495 e. The molecule has 156 valence electrons. The van der Waals surface area contributed by atoms with E-state index < -0.39 is 0 Å². The summed E-state index contributed by atoms with van der Waals surface area (Å²) in [7, 11) is 1.55. The fourth-order valence-corrected chi connectivity index (χ4v) is 3.36. The van der Waals surface area contributed by atoms with Gasteiger partial charge in [-0.3, -0.25) is 14.5 Å². The summed E-state index contributed by atoms with van der Waals surface area (Å²) >= 11 is 0. The average molecular weight is 402 g/mol. The van der Waals surface area contributed by atoms with Crippen LogP contribution in [0.5, 0.6) is 5.75 Å². The molecular formula is C20H26N4O5. The van der Waals surface area contributed by atoms with Crippen molar-refractivity contribution in [1.82, 2.24) is 15.0 Å². The zero-order valence-corrected chi connectivity index (χ0v) is 16.7. The highest BCUT2D eigenvalue weighted by Gasteiger charge is 2.27. The van der Waals surface area contributed by atoms with Gasteiger partial charge in [-0.2, -0.15) is 4.98 Å². The highest BCUT2D eigenvalue weighted by Crippen LogP contribution is 2.23. The molecule has 1 amide bonds. The Hall–Kier alpha value is -2.94. The second-order valence-electron chi connectivity index (χ2n) is 6.86. The van der Waals surface area contributed by atoms with E-state index in [2.05, 4.69) is 20.4 Å². The van der Waals surface area contributed by atoms with Crippen LogP contribution in [0, 0.1) is 5.92 Å². The van der Waals surface area contributed by atoms with Crippen molar-refractivity contribution in [2.24, 2.45) is 5.92 Å². The summed E-state index contributed by atoms with van der Waals surface area (Å²) < 4.78 is 15.6. The maximum Gasteiger partial charge on any atom is 0.310 e. The summed E-state index contributed by atoms with van der Waals surface area (Å²) in [5, 5.41) is 6.68. The van der Waals surface area contributed by atoms with Crippen LogP contribution in [0.25, 0.3) is 0 Å². The van der Waals surface area contributed by atoms with Gasteiger partial charge >= 0.3 is 5.97 Å². The number of hydrogen-bond donors (Lipinski definition) is 1. The van der Waals surface area contributed by atoms with E-state index in [1.54, 1.807) is 19.2 Å². The maximum atomic E-state index is 12.3. The van der Waals surface area contributed by atoms with Crippen LogP contribution in [0.15, 0.2) is 28.8 Å². The predicted octanol–water partition coefficient (Wildman–Crippen LogP) is 2.03. The topological polar surface area (TPSA) is 107 Å². The second kappa shape index (κ2) is 10.0. The first-order valence-corrected chi connectivity index (χ1v) is 9.72. The Morgan fingerprint density at radius 2 is 2.17 bits per heavy atom. The summed E-state index contributed by atoms with van der Waals surface area (Å²) in [6, 6.07) is 7.17. The molecule has 2 heterocycles. The highest BCUT2D eigenvalue weighted by molar-refractivity contribution is 5.93. The number of para-hydroxylation sites is 2. The first kappa shape index (κ1) is 20.8. The monoisotopic (exact) mass is 402 g/mol. The summed E-state index contributed by atoms with van der Waals surface area (Å²) in [6.07, 6.45) is 1.73. The van der Waals surface area contributed by atoms with Crippen LogP contribution >= 0.6 is 0 Å². The van der Waals surface area contributed by atoms with Gasteiger partial charge in [0, 0.05) is 6.54 Å². The van der Waals surface area contributed by atoms with Gasteiger partial charge in [0.25, 0.3) is 0 Å². The molecule has 1 aromatic carbocycles. The lowest BCUT2D eigenvalue weighted by Gasteiger charge is -2.30. The van der Waals surface area contributed by atoms with Crippen LogP contribution in [0.4, 0.5) is 5.69 Å². The van der Waals surface area contributed by atoms with Gasteiger partial charge < -0.3 is 19.3 Å². The lowest BCUT2D eigenvalue weighted by Crippen LogP contribution is -2.39. The normalized spacial score (nSPS) is 17.0. The van der Waals surface area contributed by atoms with Crippen LogP contribution in [0.3, 0.4) is 0 Å². The van der Waals surface area contributed by atoms with E-state index in [1.165, 1.54) is 0 Å². The zero-order valence-electron chi connectivity index (χ0n) is 16.7. The molecule has 29 heavy (non-hydrogen) atoms. The van der Waals surface area contributed by atoms with Crippen LogP contribution < -0.4 is 10.1 Å². The number of carbonyl (C=O) groups excluding carboxylic acids is 2. The summed E-state index contributed by atoms with van der Waals surface area (Å²) in [5.41, 5.74) is 0.585. The SMILES string of the molecule is CCOC(=O)[C@@H]1CCCN(Cc2nc(CC(=O)Nc3ccccc3OC)no2)C1. The molecule has 1 N–H and O–H groups in total. The zero-order chi connectivity index (χ0) is 20.6. The second-order valence-corrected chi connectivity index (χ2v) is 6.86. The number of anilines is 1. The van der Waals surface area contributed by atoms with Crippen LogP contribution in [0.1, 0.15) is 31.5 Å². The first-order chi connectivity index (χ1) is 14.1. The van der Waals surface area contributed by atoms with Gasteiger partial charge in [0.05, 0.1) is 38.3 Å². The number of rotatable bonds is 8. The maximum absolute atomic E-state index is 12.3. The van der Waals surface area contributed by atoms with Crippen molar-refractivity contribution in [3.63, 3.8) is 0 Å². The summed E-state index contributed by atoms with van der Waals surface area (Å²) in [4.78, 5) is 30.6. The molecule has 0 unspecified atom stereocenters. The highest BCUT2D eigenvalue weighted by atomic mass is 16.5. The van der Waals surface area contributed by atoms with Crippen molar-refractivity contribution >= 4 is 17.6 Å². The Bertz CT molecular complexity index is 838. The van der Waals surface area contributed by atoms with Gasteiger partial charge in [0.2, 0.25) is 11.8 Å². The lowest BCUT2D eigenvalue weighted by atomic mass is 9.98. The van der Waals surface area contributed by atoms with E-state index in [1.807, 2.05) is 19.1 Å². The molecule has 3 rings (SSSR count). The Kier molecular flexibility index (Phi) is 7.18. The molecule has 1 aromatic heterocycles. The molecule has 1 aliphatic rings. The van der Waals surface area contributed by atoms with Gasteiger partial charge in [-0.15, -0.1) is 0 Å². The molecule has 1 saturated heterocycles. The lowest BCUT2D eigenvalue weighted by molar-refractivity contribution is -0.150. The van der Waals surface area contributed by atoms with Crippen molar-refractivity contribution in [3.05, 3.63) is 36.0 Å². The van der Waals surface area contributed by atoms with Crippen molar-refractivity contribution in [2.45, 2.75) is 32.7 Å². The number of esters is 1. The fourth-order valence-electron chi connectivity index (χ4n) is 3.36. The van der Waals surface area contributed by atoms with E-state index in [9.17, 15) is 9.59 Å². The summed E-state index contributed by atoms with van der Waals surface area (Å²) in [5.74, 6) is 0.771. The molecule has 0 spiro atoms. The molecule has 0 saturated carbocycles. The minimum absolute atomic E-state index is 0.00694. The van der Waals surface area contributed by atoms with Gasteiger partial charge in [-0.05, 0) is 38.4 Å². The standard InChI is InChI=1S/C20H26N4O5/c1-3-28-20(26)14-7-6-10-24(12-14)13-19-22-17(23-29-19)11-18(25)21-15-8-4-5-9-16(15)27-2/h4-5,8-9,14H,3,6-7,10-13H2,1-2H3,(H,21,25)/t14-/m1/s1. The number of methoxy groups -OCH3 is 1. The van der Waals surface area contributed by atoms with Crippen LogP contribution in [-0.4, -0.2) is 53.7 Å². The number of nitrogens with zero attached hydrogens (tertiary/aromatic N) is 3. The first-order valence-electron chi connectivity index (χ1n) is 9.72. The molecule has 0 bridgehead atoms. The number of hydrogen-bond acceptors (Lipinski definition) is 8. The van der Waals surface area contributed by atoms with Gasteiger partial charge in [-0.25, -0.2) is 0 Å². The van der Waals surface area contributed by atoms with E-state index in [0.29, 0.717) is 42.8 Å². The number of amides is 1. The molecule has 1 aliphatic heterocycles. The molecule has 0 aliphatic carbocycles. The average Bonchev–Trinajstić information content (AvgIpc) is 3.15. The van der Waals surface area contributed by atoms with E-state index in [-0.39, 0.29) is 24.2 Å². The molecule has 1 fully saturated rings. The number of nitrogens with one attached hydrogen (secondary N) is 1. The molecule has 9 heteroatoms. The van der Waals surface area contributed by atoms with Crippen LogP contribution in [0.2, 0.25) is 0 Å². The third-order valence-electron chi connectivity index (χ3n) is 4.69. The number of likely N-dealkylation sites (tertiary alicyclic amines) is 1. The van der Waals surface area contributed by atoms with Crippen molar-refractivity contribution in [2.75, 3.05) is 32.1 Å². The van der Waals surface area contributed by atoms with Crippen molar-refractivity contribution in [1.29, 1.82) is 0 Å². The Balaban J connectivity index is 1.52. The van der Waals surface area contributed by atoms with Gasteiger partial charge in [-0.1, -0.05) is 17.3 Å². The van der Waals surface area contributed by atoms with Crippen LogP contribution in [-0.2, 0) is 27.3 Å². The number of piperidine rings is 1. The summed E-state index contributed by atoms with van der Waals surface area (Å²) in [6.45, 7) is 4.09. The number of benzene rings is 1. The third kappa shape index (κ3) is 5.77. The molecule has 2 aromatic rings. The van der Waals surface area contributed by atoms with Crippen molar-refractivity contribution < 1.29 is 23.6 Å². The predicted molar refractivity (Wildman–Crippen MR) is 104 cm³/mol. The van der Waals surface area contributed by atoms with Gasteiger partial charge in [0.15, 0.2) is 5.82 Å². The molecular weight excluding hydrogens is 376 g/mol. The third-order valence-corrected chi connectivity index (χ3v) is 4.69. The minimum atomic E-state index is -0.262. The van der Waals surface area contributed by atoms with E-state index in [0.717, 1.165) is 19.4 Å². The molecule has 1 atom stereocenters. The van der Waals surface area contributed by atoms with Gasteiger partial charge in [0.1, 0.15) is 5.75 Å². The molecule has 0 radical (unpaired) electrons. The Morgan fingerprint density at radius 1 is 1.34 bits per heavy atom. The van der Waals surface area contributed by atoms with E-state index in [4.69, 9.17) is 14.0 Å². The van der Waals surface area contributed by atoms with Crippen molar-refractivity contribution in [3.8, 4) is 5.75 Å². The Labute approximate surface area is 169 Å². The van der Waals surface area contributed by atoms with E-state index >= 15 is 0 Å². The fraction of sp³-hybridized carbons (Fsp3) is 0.500. The number of ether oxygens (including phenoxy) is 2. The minimum Gasteiger partial charge on any atom is -0.495 e. The molecule has 9 nitrogen and oxygen atoms in total. The number of carbonyl (C=O) groups is 2. The number of aromatic nitrogens is 2. The smallest absolute Gasteiger partial charge is 0.310 e. The quantitative estimate of drug-likeness (QED) is 0.669.